The highest BCUT2D eigenvalue weighted by molar-refractivity contribution is 6.31. The highest BCUT2D eigenvalue weighted by atomic mass is 35.5. The smallest absolute Gasteiger partial charge is 0.265 e. The lowest BCUT2D eigenvalue weighted by Gasteiger charge is -2.09. The lowest BCUT2D eigenvalue weighted by molar-refractivity contribution is 0.0996. The molecule has 112 valence electrons. The Bertz CT molecular complexity index is 892. The molecule has 0 saturated heterocycles. The zero-order valence-electron chi connectivity index (χ0n) is 11.1. The number of benzene rings is 2. The minimum absolute atomic E-state index is 0.0322. The van der Waals surface area contributed by atoms with Crippen molar-refractivity contribution < 1.29 is 13.6 Å². The second-order valence-corrected chi connectivity index (χ2v) is 5.09. The molecular weight excluding hydrogens is 312 g/mol. The average Bonchev–Trinajstić information content (AvgIpc) is 2.92. The molecule has 4 nitrogen and oxygen atoms in total. The fraction of sp³-hybridized carbons (Fsp3) is 0. The maximum atomic E-state index is 13.8. The molecule has 0 fully saturated rings. The first-order chi connectivity index (χ1) is 10.5. The normalized spacial score (nSPS) is 10.9. The van der Waals surface area contributed by atoms with E-state index in [1.54, 1.807) is 0 Å². The van der Waals surface area contributed by atoms with E-state index in [4.69, 9.17) is 17.3 Å². The predicted octanol–water partition coefficient (Wildman–Crippen LogP) is 3.94. The number of H-pyrrole nitrogens is 1. The van der Waals surface area contributed by atoms with Crippen LogP contribution in [0, 0.1) is 11.6 Å². The molecule has 0 atom stereocenters. The molecule has 1 aromatic heterocycles. The molecule has 1 amide bonds. The van der Waals surface area contributed by atoms with Gasteiger partial charge in [-0.15, -0.1) is 0 Å². The average molecular weight is 322 g/mol. The Morgan fingerprint density at radius 1 is 1.14 bits per heavy atom. The summed E-state index contributed by atoms with van der Waals surface area (Å²) in [6, 6.07) is 8.34. The van der Waals surface area contributed by atoms with Crippen LogP contribution in [0.5, 0.6) is 0 Å². The molecule has 0 bridgehead atoms. The number of hydrogen-bond donors (Lipinski definition) is 3. The number of fused-ring (bicyclic) bond motifs is 1. The number of aromatic amines is 1. The Labute approximate surface area is 128 Å². The van der Waals surface area contributed by atoms with Crippen molar-refractivity contribution in [1.82, 2.24) is 4.98 Å². The molecule has 0 spiro atoms. The standard InChI is InChI=1S/C15H10ClF2N3O/c16-9-5-7(1-2-10(9)17)20-12-4-3-11(18)14-8(12)6-13(21-14)15(19)22/h1-6,20-21H,(H2,19,22). The molecule has 7 heteroatoms. The number of nitrogens with one attached hydrogen (secondary N) is 2. The Balaban J connectivity index is 2.08. The van der Waals surface area contributed by atoms with Crippen molar-refractivity contribution in [3.63, 3.8) is 0 Å². The van der Waals surface area contributed by atoms with Gasteiger partial charge in [-0.2, -0.15) is 0 Å². The topological polar surface area (TPSA) is 70.9 Å². The Morgan fingerprint density at radius 2 is 1.86 bits per heavy atom. The zero-order chi connectivity index (χ0) is 15.9. The summed E-state index contributed by atoms with van der Waals surface area (Å²) in [5.74, 6) is -1.73. The van der Waals surface area contributed by atoms with E-state index in [2.05, 4.69) is 10.3 Å². The summed E-state index contributed by atoms with van der Waals surface area (Å²) in [6.45, 7) is 0. The number of aromatic nitrogens is 1. The molecule has 0 aliphatic carbocycles. The van der Waals surface area contributed by atoms with Crippen LogP contribution in [0.25, 0.3) is 10.9 Å². The van der Waals surface area contributed by atoms with Gasteiger partial charge in [0, 0.05) is 16.8 Å². The predicted molar refractivity (Wildman–Crippen MR) is 81.5 cm³/mol. The van der Waals surface area contributed by atoms with Crippen molar-refractivity contribution in [3.8, 4) is 0 Å². The van der Waals surface area contributed by atoms with Crippen molar-refractivity contribution in [2.75, 3.05) is 5.32 Å². The maximum absolute atomic E-state index is 13.8. The Hall–Kier alpha value is -2.60. The monoisotopic (exact) mass is 321 g/mol. The van der Waals surface area contributed by atoms with E-state index >= 15 is 0 Å². The first-order valence-corrected chi connectivity index (χ1v) is 6.66. The maximum Gasteiger partial charge on any atom is 0.265 e. The molecule has 3 aromatic rings. The van der Waals surface area contributed by atoms with Gasteiger partial charge in [0.2, 0.25) is 0 Å². The van der Waals surface area contributed by atoms with Crippen LogP contribution in [0.2, 0.25) is 5.02 Å². The third kappa shape index (κ3) is 2.48. The van der Waals surface area contributed by atoms with Gasteiger partial charge >= 0.3 is 0 Å². The van der Waals surface area contributed by atoms with E-state index in [-0.39, 0.29) is 16.2 Å². The second-order valence-electron chi connectivity index (χ2n) is 4.68. The van der Waals surface area contributed by atoms with E-state index in [9.17, 15) is 13.6 Å². The summed E-state index contributed by atoms with van der Waals surface area (Å²) >= 11 is 5.73. The van der Waals surface area contributed by atoms with Crippen LogP contribution in [-0.2, 0) is 0 Å². The van der Waals surface area contributed by atoms with Crippen molar-refractivity contribution in [3.05, 3.63) is 58.7 Å². The number of carbonyl (C=O) groups is 1. The highest BCUT2D eigenvalue weighted by Crippen LogP contribution is 2.30. The van der Waals surface area contributed by atoms with Gasteiger partial charge in [0.25, 0.3) is 5.91 Å². The van der Waals surface area contributed by atoms with Gasteiger partial charge in [-0.1, -0.05) is 11.6 Å². The summed E-state index contributed by atoms with van der Waals surface area (Å²) in [7, 11) is 0. The van der Waals surface area contributed by atoms with Gasteiger partial charge in [-0.05, 0) is 36.4 Å². The van der Waals surface area contributed by atoms with Crippen LogP contribution in [0.15, 0.2) is 36.4 Å². The van der Waals surface area contributed by atoms with Gasteiger partial charge in [0.1, 0.15) is 17.3 Å². The molecule has 4 N–H and O–H groups in total. The summed E-state index contributed by atoms with van der Waals surface area (Å²) < 4.78 is 27.0. The van der Waals surface area contributed by atoms with Crippen molar-refractivity contribution in [1.29, 1.82) is 0 Å². The van der Waals surface area contributed by atoms with Crippen LogP contribution < -0.4 is 11.1 Å². The van der Waals surface area contributed by atoms with Gasteiger partial charge in [-0.25, -0.2) is 8.78 Å². The molecular formula is C15H10ClF2N3O. The van der Waals surface area contributed by atoms with Crippen LogP contribution in [-0.4, -0.2) is 10.9 Å². The number of primary amides is 1. The number of amides is 1. The molecule has 0 aliphatic heterocycles. The second kappa shape index (κ2) is 5.31. The Morgan fingerprint density at radius 3 is 2.55 bits per heavy atom. The fourth-order valence-corrected chi connectivity index (χ4v) is 2.34. The molecule has 0 saturated carbocycles. The molecule has 0 radical (unpaired) electrons. The minimum atomic E-state index is -0.689. The van der Waals surface area contributed by atoms with E-state index in [1.807, 2.05) is 0 Å². The summed E-state index contributed by atoms with van der Waals surface area (Å²) in [5.41, 5.74) is 6.51. The third-order valence-electron chi connectivity index (χ3n) is 3.21. The number of anilines is 2. The number of hydrogen-bond acceptors (Lipinski definition) is 2. The first kappa shape index (κ1) is 14.3. The van der Waals surface area contributed by atoms with Crippen LogP contribution in [0.4, 0.5) is 20.2 Å². The van der Waals surface area contributed by atoms with Crippen LogP contribution >= 0.6 is 11.6 Å². The largest absolute Gasteiger partial charge is 0.364 e. The SMILES string of the molecule is NC(=O)c1cc2c(Nc3ccc(F)c(Cl)c3)ccc(F)c2[nH]1. The summed E-state index contributed by atoms with van der Waals surface area (Å²) in [6.07, 6.45) is 0. The highest BCUT2D eigenvalue weighted by Gasteiger charge is 2.13. The summed E-state index contributed by atoms with van der Waals surface area (Å²) in [5, 5.41) is 3.43. The van der Waals surface area contributed by atoms with Gasteiger partial charge in [-0.3, -0.25) is 4.79 Å². The fourth-order valence-electron chi connectivity index (χ4n) is 2.16. The van der Waals surface area contributed by atoms with Gasteiger partial charge in [0.15, 0.2) is 0 Å². The quantitative estimate of drug-likeness (QED) is 0.683. The molecule has 0 unspecified atom stereocenters. The van der Waals surface area contributed by atoms with Gasteiger partial charge < -0.3 is 16.0 Å². The van der Waals surface area contributed by atoms with Crippen molar-refractivity contribution in [2.24, 2.45) is 5.73 Å². The molecule has 2 aromatic carbocycles. The van der Waals surface area contributed by atoms with Crippen LogP contribution in [0.1, 0.15) is 10.5 Å². The van der Waals surface area contributed by atoms with Crippen molar-refractivity contribution in [2.45, 2.75) is 0 Å². The number of carbonyl (C=O) groups excluding carboxylic acids is 1. The molecule has 0 aliphatic rings. The van der Waals surface area contributed by atoms with E-state index in [0.29, 0.717) is 16.8 Å². The first-order valence-electron chi connectivity index (χ1n) is 6.29. The number of rotatable bonds is 3. The lowest BCUT2D eigenvalue weighted by atomic mass is 10.2. The zero-order valence-corrected chi connectivity index (χ0v) is 11.8. The van der Waals surface area contributed by atoms with E-state index in [1.165, 1.54) is 36.4 Å². The summed E-state index contributed by atoms with van der Waals surface area (Å²) in [4.78, 5) is 13.9. The van der Waals surface area contributed by atoms with E-state index < -0.39 is 17.5 Å². The number of nitrogens with two attached hydrogens (primary N) is 1. The molecule has 22 heavy (non-hydrogen) atoms. The third-order valence-corrected chi connectivity index (χ3v) is 3.50. The molecule has 3 rings (SSSR count). The lowest BCUT2D eigenvalue weighted by Crippen LogP contribution is -2.10. The van der Waals surface area contributed by atoms with E-state index in [0.717, 1.165) is 0 Å². The van der Waals surface area contributed by atoms with Gasteiger partial charge in [0.05, 0.1) is 10.5 Å². The van der Waals surface area contributed by atoms with Crippen LogP contribution in [0.3, 0.4) is 0 Å². The molecule has 1 heterocycles. The number of halogens is 3. The minimum Gasteiger partial charge on any atom is -0.364 e. The van der Waals surface area contributed by atoms with Crippen molar-refractivity contribution >= 4 is 39.8 Å². The Kier molecular flexibility index (Phi) is 3.46.